The van der Waals surface area contributed by atoms with E-state index in [9.17, 15) is 4.79 Å². The second-order valence-electron chi connectivity index (χ2n) is 4.43. The quantitative estimate of drug-likeness (QED) is 0.748. The van der Waals surface area contributed by atoms with Crippen LogP contribution in [-0.4, -0.2) is 11.9 Å². The fraction of sp³-hybridized carbons (Fsp3) is 0.462. The number of amides is 1. The summed E-state index contributed by atoms with van der Waals surface area (Å²) in [6.45, 7) is 0. The van der Waals surface area contributed by atoms with Crippen molar-refractivity contribution in [2.75, 3.05) is 5.73 Å². The average Bonchev–Trinajstić information content (AvgIpc) is 2.30. The van der Waals surface area contributed by atoms with Crippen molar-refractivity contribution in [1.82, 2.24) is 5.32 Å². The Morgan fingerprint density at radius 2 is 2.00 bits per heavy atom. The van der Waals surface area contributed by atoms with Gasteiger partial charge >= 0.3 is 0 Å². The lowest BCUT2D eigenvalue weighted by Crippen LogP contribution is -2.36. The zero-order valence-electron chi connectivity index (χ0n) is 9.41. The van der Waals surface area contributed by atoms with Crippen molar-refractivity contribution in [1.29, 1.82) is 0 Å². The first-order valence-corrected chi connectivity index (χ1v) is 5.92. The molecule has 0 atom stereocenters. The second kappa shape index (κ2) is 5.01. The molecule has 0 aliphatic heterocycles. The fourth-order valence-corrected chi connectivity index (χ4v) is 2.20. The van der Waals surface area contributed by atoms with Crippen LogP contribution in [-0.2, 0) is 0 Å². The summed E-state index contributed by atoms with van der Waals surface area (Å²) in [5.41, 5.74) is 6.94. The summed E-state index contributed by atoms with van der Waals surface area (Å²) >= 11 is 0. The van der Waals surface area contributed by atoms with E-state index in [1.807, 2.05) is 6.07 Å². The van der Waals surface area contributed by atoms with E-state index in [0.29, 0.717) is 17.3 Å². The molecule has 1 aliphatic rings. The molecule has 0 aromatic heterocycles. The molecule has 0 bridgehead atoms. The van der Waals surface area contributed by atoms with Gasteiger partial charge < -0.3 is 11.1 Å². The van der Waals surface area contributed by atoms with E-state index in [0.717, 1.165) is 12.8 Å². The summed E-state index contributed by atoms with van der Waals surface area (Å²) in [5, 5.41) is 3.07. The van der Waals surface area contributed by atoms with Gasteiger partial charge in [0.25, 0.3) is 5.91 Å². The van der Waals surface area contributed by atoms with Crippen LogP contribution < -0.4 is 11.1 Å². The van der Waals surface area contributed by atoms with Gasteiger partial charge in [-0.25, -0.2) is 0 Å². The Kier molecular flexibility index (Phi) is 3.44. The summed E-state index contributed by atoms with van der Waals surface area (Å²) in [4.78, 5) is 11.9. The SMILES string of the molecule is Nc1cccc(C(=O)NC2CCCCC2)c1. The molecule has 1 aromatic rings. The van der Waals surface area contributed by atoms with Crippen LogP contribution >= 0.6 is 0 Å². The third-order valence-corrected chi connectivity index (χ3v) is 3.09. The number of anilines is 1. The van der Waals surface area contributed by atoms with E-state index < -0.39 is 0 Å². The molecule has 16 heavy (non-hydrogen) atoms. The van der Waals surface area contributed by atoms with Gasteiger partial charge in [-0.15, -0.1) is 0 Å². The van der Waals surface area contributed by atoms with Crippen molar-refractivity contribution in [2.45, 2.75) is 38.1 Å². The third kappa shape index (κ3) is 2.75. The molecule has 1 amide bonds. The van der Waals surface area contributed by atoms with Crippen LogP contribution in [0, 0.1) is 0 Å². The molecule has 3 heteroatoms. The number of hydrogen-bond donors (Lipinski definition) is 2. The Bertz CT molecular complexity index is 370. The van der Waals surface area contributed by atoms with Gasteiger partial charge in [0.2, 0.25) is 0 Å². The predicted molar refractivity (Wildman–Crippen MR) is 65.2 cm³/mol. The van der Waals surface area contributed by atoms with E-state index in [-0.39, 0.29) is 5.91 Å². The third-order valence-electron chi connectivity index (χ3n) is 3.09. The lowest BCUT2D eigenvalue weighted by molar-refractivity contribution is 0.0928. The number of nitrogen functional groups attached to an aromatic ring is 1. The van der Waals surface area contributed by atoms with Crippen LogP contribution in [0.3, 0.4) is 0 Å². The Balaban J connectivity index is 1.97. The minimum atomic E-state index is -0.000741. The maximum absolute atomic E-state index is 11.9. The van der Waals surface area contributed by atoms with Gasteiger partial charge in [0, 0.05) is 17.3 Å². The van der Waals surface area contributed by atoms with Crippen molar-refractivity contribution >= 4 is 11.6 Å². The smallest absolute Gasteiger partial charge is 0.251 e. The topological polar surface area (TPSA) is 55.1 Å². The summed E-state index contributed by atoms with van der Waals surface area (Å²) < 4.78 is 0. The Labute approximate surface area is 96.0 Å². The summed E-state index contributed by atoms with van der Waals surface area (Å²) in [6, 6.07) is 7.47. The minimum Gasteiger partial charge on any atom is -0.399 e. The molecule has 3 nitrogen and oxygen atoms in total. The highest BCUT2D eigenvalue weighted by atomic mass is 16.1. The van der Waals surface area contributed by atoms with Crippen LogP contribution in [0.25, 0.3) is 0 Å². The van der Waals surface area contributed by atoms with Crippen molar-refractivity contribution in [3.05, 3.63) is 29.8 Å². The van der Waals surface area contributed by atoms with E-state index in [4.69, 9.17) is 5.73 Å². The van der Waals surface area contributed by atoms with Gasteiger partial charge in [0.15, 0.2) is 0 Å². The molecular formula is C13H18N2O. The van der Waals surface area contributed by atoms with Crippen molar-refractivity contribution < 1.29 is 4.79 Å². The van der Waals surface area contributed by atoms with Gasteiger partial charge in [-0.05, 0) is 31.0 Å². The summed E-state index contributed by atoms with van der Waals surface area (Å²) in [6.07, 6.45) is 5.95. The van der Waals surface area contributed by atoms with Crippen molar-refractivity contribution in [3.8, 4) is 0 Å². The summed E-state index contributed by atoms with van der Waals surface area (Å²) in [5.74, 6) is -0.000741. The molecule has 1 aromatic carbocycles. The van der Waals surface area contributed by atoms with Crippen LogP contribution in [0.15, 0.2) is 24.3 Å². The number of rotatable bonds is 2. The molecule has 3 N–H and O–H groups in total. The predicted octanol–water partition coefficient (Wildman–Crippen LogP) is 2.33. The lowest BCUT2D eigenvalue weighted by Gasteiger charge is -2.22. The molecule has 0 saturated heterocycles. The van der Waals surface area contributed by atoms with E-state index in [1.165, 1.54) is 19.3 Å². The van der Waals surface area contributed by atoms with Gasteiger partial charge in [0.1, 0.15) is 0 Å². The summed E-state index contributed by atoms with van der Waals surface area (Å²) in [7, 11) is 0. The number of carbonyl (C=O) groups is 1. The molecule has 2 rings (SSSR count). The largest absolute Gasteiger partial charge is 0.399 e. The fourth-order valence-electron chi connectivity index (χ4n) is 2.20. The zero-order valence-corrected chi connectivity index (χ0v) is 9.41. The number of benzene rings is 1. The highest BCUT2D eigenvalue weighted by Gasteiger charge is 2.16. The van der Waals surface area contributed by atoms with Crippen LogP contribution in [0.4, 0.5) is 5.69 Å². The highest BCUT2D eigenvalue weighted by molar-refractivity contribution is 5.95. The maximum atomic E-state index is 11.9. The molecule has 0 unspecified atom stereocenters. The van der Waals surface area contributed by atoms with Gasteiger partial charge in [-0.1, -0.05) is 25.3 Å². The molecule has 0 heterocycles. The Morgan fingerprint density at radius 1 is 1.25 bits per heavy atom. The maximum Gasteiger partial charge on any atom is 0.251 e. The van der Waals surface area contributed by atoms with Gasteiger partial charge in [-0.3, -0.25) is 4.79 Å². The lowest BCUT2D eigenvalue weighted by atomic mass is 9.95. The minimum absolute atomic E-state index is 0.000741. The molecule has 1 saturated carbocycles. The molecular weight excluding hydrogens is 200 g/mol. The standard InChI is InChI=1S/C13H18N2O/c14-11-6-4-5-10(9-11)13(16)15-12-7-2-1-3-8-12/h4-6,9,12H,1-3,7-8,14H2,(H,15,16). The molecule has 1 aliphatic carbocycles. The van der Waals surface area contributed by atoms with Crippen LogP contribution in [0.2, 0.25) is 0 Å². The highest BCUT2D eigenvalue weighted by Crippen LogP contribution is 2.18. The van der Waals surface area contributed by atoms with Gasteiger partial charge in [0.05, 0.1) is 0 Å². The van der Waals surface area contributed by atoms with Crippen molar-refractivity contribution in [3.63, 3.8) is 0 Å². The number of carbonyl (C=O) groups excluding carboxylic acids is 1. The zero-order chi connectivity index (χ0) is 11.4. The number of nitrogens with two attached hydrogens (primary N) is 1. The van der Waals surface area contributed by atoms with Crippen LogP contribution in [0.1, 0.15) is 42.5 Å². The molecule has 1 fully saturated rings. The molecule has 0 spiro atoms. The second-order valence-corrected chi connectivity index (χ2v) is 4.43. The monoisotopic (exact) mass is 218 g/mol. The molecule has 0 radical (unpaired) electrons. The number of hydrogen-bond acceptors (Lipinski definition) is 2. The average molecular weight is 218 g/mol. The first-order chi connectivity index (χ1) is 7.75. The Hall–Kier alpha value is -1.51. The van der Waals surface area contributed by atoms with Crippen molar-refractivity contribution in [2.24, 2.45) is 0 Å². The van der Waals surface area contributed by atoms with E-state index in [2.05, 4.69) is 5.32 Å². The Morgan fingerprint density at radius 3 is 2.69 bits per heavy atom. The van der Waals surface area contributed by atoms with Gasteiger partial charge in [-0.2, -0.15) is 0 Å². The van der Waals surface area contributed by atoms with E-state index in [1.54, 1.807) is 18.2 Å². The normalized spacial score (nSPS) is 17.0. The first kappa shape index (κ1) is 11.0. The van der Waals surface area contributed by atoms with E-state index >= 15 is 0 Å². The van der Waals surface area contributed by atoms with Crippen LogP contribution in [0.5, 0.6) is 0 Å². The molecule has 86 valence electrons. The first-order valence-electron chi connectivity index (χ1n) is 5.92. The number of nitrogens with one attached hydrogen (secondary N) is 1.